The van der Waals surface area contributed by atoms with E-state index in [1.165, 1.54) is 11.1 Å². The van der Waals surface area contributed by atoms with Gasteiger partial charge in [-0.15, -0.1) is 24.8 Å². The Morgan fingerprint density at radius 1 is 0.829 bits per heavy atom. The first-order chi connectivity index (χ1) is 16.2. The van der Waals surface area contributed by atoms with Gasteiger partial charge in [-0.05, 0) is 37.1 Å². The van der Waals surface area contributed by atoms with Crippen LogP contribution in [-0.2, 0) is 11.3 Å². The Kier molecular flexibility index (Phi) is 12.6. The van der Waals surface area contributed by atoms with Crippen LogP contribution in [0.5, 0.6) is 11.5 Å². The molecule has 4 rings (SSSR count). The Hall–Kier alpha value is -2.08. The minimum atomic E-state index is 0. The molecule has 0 radical (unpaired) electrons. The van der Waals surface area contributed by atoms with Gasteiger partial charge in [0.05, 0.1) is 13.2 Å². The van der Waals surface area contributed by atoms with Crippen molar-refractivity contribution in [1.29, 1.82) is 0 Å². The van der Waals surface area contributed by atoms with E-state index >= 15 is 0 Å². The second kappa shape index (κ2) is 15.1. The number of rotatable bonds is 10. The smallest absolute Gasteiger partial charge is 0.132 e. The number of hydrogen-bond acceptors (Lipinski definition) is 4. The van der Waals surface area contributed by atoms with Crippen molar-refractivity contribution in [2.75, 3.05) is 39.3 Å². The van der Waals surface area contributed by atoms with Gasteiger partial charge in [-0.3, -0.25) is 9.80 Å². The molecule has 0 saturated carbocycles. The summed E-state index contributed by atoms with van der Waals surface area (Å²) in [5.74, 6) is 1.71. The molecule has 190 valence electrons. The highest BCUT2D eigenvalue weighted by molar-refractivity contribution is 5.85. The first-order valence-electron chi connectivity index (χ1n) is 12.1. The molecule has 1 saturated heterocycles. The molecule has 0 amide bonds. The minimum Gasteiger partial charge on any atom is -0.457 e. The average Bonchev–Trinajstić information content (AvgIpc) is 2.85. The Bertz CT molecular complexity index is 995. The minimum absolute atomic E-state index is 0. The zero-order valence-electron chi connectivity index (χ0n) is 20.8. The molecular formula is C29H38Cl2N2O2. The number of halogens is 2. The topological polar surface area (TPSA) is 24.9 Å². The summed E-state index contributed by atoms with van der Waals surface area (Å²) in [5, 5.41) is 0. The van der Waals surface area contributed by atoms with Crippen molar-refractivity contribution in [2.24, 2.45) is 0 Å². The van der Waals surface area contributed by atoms with E-state index in [0.717, 1.165) is 62.8 Å². The van der Waals surface area contributed by atoms with Crippen molar-refractivity contribution in [3.63, 3.8) is 0 Å². The molecule has 1 atom stereocenters. The van der Waals surface area contributed by atoms with Crippen molar-refractivity contribution >= 4 is 24.8 Å². The van der Waals surface area contributed by atoms with Crippen LogP contribution < -0.4 is 4.74 Å². The van der Waals surface area contributed by atoms with Crippen molar-refractivity contribution in [3.8, 4) is 11.5 Å². The number of nitrogens with zero attached hydrogens (tertiary/aromatic N) is 2. The molecule has 3 aromatic carbocycles. The number of benzene rings is 3. The van der Waals surface area contributed by atoms with Crippen LogP contribution >= 0.6 is 24.8 Å². The quantitative estimate of drug-likeness (QED) is 0.273. The summed E-state index contributed by atoms with van der Waals surface area (Å²) in [6.07, 6.45) is 1.15. The highest BCUT2D eigenvalue weighted by atomic mass is 35.5. The fourth-order valence-corrected chi connectivity index (χ4v) is 4.59. The highest BCUT2D eigenvalue weighted by Crippen LogP contribution is 2.27. The van der Waals surface area contributed by atoms with E-state index in [-0.39, 0.29) is 24.8 Å². The first-order valence-corrected chi connectivity index (χ1v) is 12.1. The average molecular weight is 518 g/mol. The van der Waals surface area contributed by atoms with E-state index < -0.39 is 0 Å². The van der Waals surface area contributed by atoms with E-state index in [1.54, 1.807) is 0 Å². The molecule has 1 aliphatic heterocycles. The summed E-state index contributed by atoms with van der Waals surface area (Å²) in [6.45, 7) is 11.2. The van der Waals surface area contributed by atoms with Crippen LogP contribution in [-0.4, -0.2) is 49.1 Å². The van der Waals surface area contributed by atoms with Gasteiger partial charge in [0.25, 0.3) is 0 Å². The van der Waals surface area contributed by atoms with Gasteiger partial charge in [0, 0.05) is 44.3 Å². The normalized spacial score (nSPS) is 15.0. The molecule has 35 heavy (non-hydrogen) atoms. The molecule has 0 spiro atoms. The van der Waals surface area contributed by atoms with E-state index in [0.29, 0.717) is 12.6 Å². The van der Waals surface area contributed by atoms with Gasteiger partial charge in [-0.25, -0.2) is 0 Å². The lowest BCUT2D eigenvalue weighted by Crippen LogP contribution is -2.48. The Balaban J connectivity index is 0.00000216. The summed E-state index contributed by atoms with van der Waals surface area (Å²) in [6, 6.07) is 27.5. The number of aryl methyl sites for hydroxylation is 1. The standard InChI is InChI=1S/C29H36N2O2.2ClH/c1-3-28(25-12-9-10-24(2)22-25)31-18-16-30(17-19-31)20-21-32-23-26-11-7-8-15-29(26)33-27-13-5-4-6-14-27;;/h4-15,22,28H,3,16-21,23H2,1-2H3;2*1H. The SMILES string of the molecule is CCC(c1cccc(C)c1)N1CCN(CCOCc2ccccc2Oc2ccccc2)CC1.Cl.Cl. The lowest BCUT2D eigenvalue weighted by molar-refractivity contribution is 0.0543. The summed E-state index contributed by atoms with van der Waals surface area (Å²) >= 11 is 0. The summed E-state index contributed by atoms with van der Waals surface area (Å²) in [4.78, 5) is 5.16. The van der Waals surface area contributed by atoms with Gasteiger partial charge in [0.2, 0.25) is 0 Å². The molecule has 1 aliphatic rings. The lowest BCUT2D eigenvalue weighted by atomic mass is 10.00. The fourth-order valence-electron chi connectivity index (χ4n) is 4.59. The fraction of sp³-hybridized carbons (Fsp3) is 0.379. The van der Waals surface area contributed by atoms with Gasteiger partial charge in [-0.2, -0.15) is 0 Å². The number of hydrogen-bond donors (Lipinski definition) is 0. The van der Waals surface area contributed by atoms with Crippen molar-refractivity contribution in [1.82, 2.24) is 9.80 Å². The molecule has 6 heteroatoms. The van der Waals surface area contributed by atoms with Crippen molar-refractivity contribution < 1.29 is 9.47 Å². The van der Waals surface area contributed by atoms with Crippen LogP contribution in [0.25, 0.3) is 0 Å². The van der Waals surface area contributed by atoms with Gasteiger partial charge >= 0.3 is 0 Å². The molecule has 1 unspecified atom stereocenters. The van der Waals surface area contributed by atoms with E-state index in [4.69, 9.17) is 9.47 Å². The van der Waals surface area contributed by atoms with Crippen molar-refractivity contribution in [3.05, 3.63) is 95.6 Å². The van der Waals surface area contributed by atoms with Gasteiger partial charge in [0.15, 0.2) is 0 Å². The molecule has 1 fully saturated rings. The summed E-state index contributed by atoms with van der Waals surface area (Å²) in [7, 11) is 0. The van der Waals surface area contributed by atoms with Crippen LogP contribution in [0.3, 0.4) is 0 Å². The van der Waals surface area contributed by atoms with E-state index in [1.807, 2.05) is 48.5 Å². The number of para-hydroxylation sites is 2. The number of ether oxygens (including phenoxy) is 2. The van der Waals surface area contributed by atoms with Gasteiger partial charge in [0.1, 0.15) is 11.5 Å². The zero-order valence-corrected chi connectivity index (χ0v) is 22.4. The molecule has 0 bridgehead atoms. The van der Waals surface area contributed by atoms with Crippen LogP contribution in [0.1, 0.15) is 36.1 Å². The maximum Gasteiger partial charge on any atom is 0.132 e. The second-order valence-corrected chi connectivity index (χ2v) is 8.79. The zero-order chi connectivity index (χ0) is 22.9. The molecular weight excluding hydrogens is 479 g/mol. The van der Waals surface area contributed by atoms with Crippen LogP contribution in [0.15, 0.2) is 78.9 Å². The van der Waals surface area contributed by atoms with Crippen LogP contribution in [0.4, 0.5) is 0 Å². The third-order valence-electron chi connectivity index (χ3n) is 6.41. The molecule has 0 aromatic heterocycles. The molecule has 0 aliphatic carbocycles. The van der Waals surface area contributed by atoms with Gasteiger partial charge < -0.3 is 9.47 Å². The maximum atomic E-state index is 6.05. The maximum absolute atomic E-state index is 6.05. The van der Waals surface area contributed by atoms with E-state index in [2.05, 4.69) is 54.0 Å². The second-order valence-electron chi connectivity index (χ2n) is 8.79. The number of piperazine rings is 1. The summed E-state index contributed by atoms with van der Waals surface area (Å²) in [5.41, 5.74) is 3.87. The van der Waals surface area contributed by atoms with Crippen LogP contribution in [0, 0.1) is 6.92 Å². The molecule has 0 N–H and O–H groups in total. The Labute approximate surface area is 223 Å². The molecule has 4 nitrogen and oxygen atoms in total. The first kappa shape index (κ1) is 29.2. The van der Waals surface area contributed by atoms with Crippen LogP contribution in [0.2, 0.25) is 0 Å². The predicted molar refractivity (Wildman–Crippen MR) is 149 cm³/mol. The third-order valence-corrected chi connectivity index (χ3v) is 6.41. The lowest BCUT2D eigenvalue weighted by Gasteiger charge is -2.39. The third kappa shape index (κ3) is 8.52. The van der Waals surface area contributed by atoms with Gasteiger partial charge in [-0.1, -0.05) is 73.2 Å². The van der Waals surface area contributed by atoms with Crippen molar-refractivity contribution in [2.45, 2.75) is 32.9 Å². The Morgan fingerprint density at radius 3 is 2.26 bits per heavy atom. The van der Waals surface area contributed by atoms with E-state index in [9.17, 15) is 0 Å². The largest absolute Gasteiger partial charge is 0.457 e. The monoisotopic (exact) mass is 516 g/mol. The highest BCUT2D eigenvalue weighted by Gasteiger charge is 2.23. The summed E-state index contributed by atoms with van der Waals surface area (Å²) < 4.78 is 12.1. The Morgan fingerprint density at radius 2 is 1.54 bits per heavy atom. The predicted octanol–water partition coefficient (Wildman–Crippen LogP) is 6.92. The molecule has 1 heterocycles. The molecule has 3 aromatic rings.